The van der Waals surface area contributed by atoms with Crippen LogP contribution in [0.15, 0.2) is 28.7 Å². The first-order chi connectivity index (χ1) is 9.61. The van der Waals surface area contributed by atoms with Gasteiger partial charge < -0.3 is 14.5 Å². The van der Waals surface area contributed by atoms with Crippen LogP contribution in [0.5, 0.6) is 0 Å². The Balaban J connectivity index is 2.16. The molecule has 3 nitrogen and oxygen atoms in total. The van der Waals surface area contributed by atoms with E-state index in [1.54, 1.807) is 0 Å². The lowest BCUT2D eigenvalue weighted by molar-refractivity contribution is 0.0394. The molecule has 3 heteroatoms. The molecule has 1 atom stereocenters. The number of benzene rings is 1. The number of fused-ring (bicyclic) bond motifs is 1. The Morgan fingerprint density at radius 3 is 2.65 bits per heavy atom. The molecule has 0 fully saturated rings. The van der Waals surface area contributed by atoms with Gasteiger partial charge in [-0.2, -0.15) is 0 Å². The van der Waals surface area contributed by atoms with Gasteiger partial charge >= 0.3 is 0 Å². The minimum Gasteiger partial charge on any atom is -0.459 e. The van der Waals surface area contributed by atoms with E-state index in [0.717, 1.165) is 29.7 Å². The van der Waals surface area contributed by atoms with Gasteiger partial charge in [0.05, 0.1) is 19.3 Å². The van der Waals surface area contributed by atoms with E-state index >= 15 is 0 Å². The van der Waals surface area contributed by atoms with Crippen molar-refractivity contribution in [2.24, 2.45) is 5.92 Å². The summed E-state index contributed by atoms with van der Waals surface area (Å²) < 4.78 is 11.9. The summed E-state index contributed by atoms with van der Waals surface area (Å²) in [6.07, 6.45) is 1.35. The standard InChI is InChI=1S/C17H25NO2/c1-12(2)9-13(3)19-11-15-14-7-5-6-8-16(14)20-17(15)10-18-4/h5-8,12-13,18H,9-11H2,1-4H3. The summed E-state index contributed by atoms with van der Waals surface area (Å²) in [5.41, 5.74) is 2.11. The normalized spacial score (nSPS) is 13.2. The Kier molecular flexibility index (Phi) is 5.21. The van der Waals surface area contributed by atoms with Crippen LogP contribution in [0, 0.1) is 5.92 Å². The minimum atomic E-state index is 0.270. The number of rotatable bonds is 7. The van der Waals surface area contributed by atoms with Gasteiger partial charge in [-0.15, -0.1) is 0 Å². The molecule has 0 amide bonds. The molecule has 0 saturated carbocycles. The third-order valence-electron chi connectivity index (χ3n) is 3.43. The summed E-state index contributed by atoms with van der Waals surface area (Å²) in [5.74, 6) is 1.63. The topological polar surface area (TPSA) is 34.4 Å². The number of hydrogen-bond acceptors (Lipinski definition) is 3. The van der Waals surface area contributed by atoms with Crippen LogP contribution in [0.2, 0.25) is 0 Å². The molecule has 2 aromatic rings. The SMILES string of the molecule is CNCc1oc2ccccc2c1COC(C)CC(C)C. The quantitative estimate of drug-likeness (QED) is 0.826. The molecular weight excluding hydrogens is 250 g/mol. The fraction of sp³-hybridized carbons (Fsp3) is 0.529. The van der Waals surface area contributed by atoms with Gasteiger partial charge in [-0.1, -0.05) is 32.0 Å². The predicted molar refractivity (Wildman–Crippen MR) is 82.7 cm³/mol. The monoisotopic (exact) mass is 275 g/mol. The number of nitrogens with one attached hydrogen (secondary N) is 1. The van der Waals surface area contributed by atoms with Gasteiger partial charge in [0.15, 0.2) is 0 Å². The van der Waals surface area contributed by atoms with Crippen molar-refractivity contribution in [3.63, 3.8) is 0 Å². The zero-order valence-corrected chi connectivity index (χ0v) is 12.9. The Hall–Kier alpha value is -1.32. The summed E-state index contributed by atoms with van der Waals surface area (Å²) in [7, 11) is 1.93. The van der Waals surface area contributed by atoms with Gasteiger partial charge in [-0.05, 0) is 32.4 Å². The van der Waals surface area contributed by atoms with Crippen LogP contribution in [0.4, 0.5) is 0 Å². The number of hydrogen-bond donors (Lipinski definition) is 1. The third-order valence-corrected chi connectivity index (χ3v) is 3.43. The van der Waals surface area contributed by atoms with Crippen molar-refractivity contribution >= 4 is 11.0 Å². The molecule has 0 aliphatic heterocycles. The van der Waals surface area contributed by atoms with Crippen molar-refractivity contribution in [1.29, 1.82) is 0 Å². The zero-order chi connectivity index (χ0) is 14.5. The summed E-state index contributed by atoms with van der Waals surface area (Å²) in [4.78, 5) is 0. The van der Waals surface area contributed by atoms with Gasteiger partial charge in [-0.25, -0.2) is 0 Å². The molecule has 1 aromatic carbocycles. The molecule has 2 rings (SSSR count). The Morgan fingerprint density at radius 1 is 1.20 bits per heavy atom. The Labute approximate surface area is 121 Å². The smallest absolute Gasteiger partial charge is 0.134 e. The van der Waals surface area contributed by atoms with Crippen LogP contribution in [-0.4, -0.2) is 13.2 Å². The lowest BCUT2D eigenvalue weighted by atomic mass is 10.1. The van der Waals surface area contributed by atoms with E-state index < -0.39 is 0 Å². The summed E-state index contributed by atoms with van der Waals surface area (Å²) in [6.45, 7) is 7.92. The molecule has 1 N–H and O–H groups in total. The maximum absolute atomic E-state index is 6.00. The lowest BCUT2D eigenvalue weighted by Gasteiger charge is -2.15. The number of ether oxygens (including phenoxy) is 1. The van der Waals surface area contributed by atoms with Crippen molar-refractivity contribution in [3.05, 3.63) is 35.6 Å². The van der Waals surface area contributed by atoms with Gasteiger partial charge in [0, 0.05) is 10.9 Å². The van der Waals surface area contributed by atoms with Crippen LogP contribution < -0.4 is 5.32 Å². The molecular formula is C17H25NO2. The fourth-order valence-electron chi connectivity index (χ4n) is 2.57. The van der Waals surface area contributed by atoms with Crippen molar-refractivity contribution in [3.8, 4) is 0 Å². The summed E-state index contributed by atoms with van der Waals surface area (Å²) in [5, 5.41) is 4.32. The van der Waals surface area contributed by atoms with E-state index in [4.69, 9.17) is 9.15 Å². The zero-order valence-electron chi connectivity index (χ0n) is 12.9. The Bertz CT molecular complexity index is 545. The van der Waals surface area contributed by atoms with E-state index in [1.165, 1.54) is 5.56 Å². The molecule has 0 aliphatic rings. The van der Waals surface area contributed by atoms with Crippen molar-refractivity contribution < 1.29 is 9.15 Å². The molecule has 110 valence electrons. The second-order valence-electron chi connectivity index (χ2n) is 5.78. The van der Waals surface area contributed by atoms with Gasteiger partial charge in [-0.3, -0.25) is 0 Å². The highest BCUT2D eigenvalue weighted by atomic mass is 16.5. The molecule has 0 aliphatic carbocycles. The predicted octanol–water partition coefficient (Wildman–Crippen LogP) is 4.10. The van der Waals surface area contributed by atoms with Crippen LogP contribution >= 0.6 is 0 Å². The molecule has 0 saturated heterocycles. The lowest BCUT2D eigenvalue weighted by Crippen LogP contribution is -2.12. The molecule has 20 heavy (non-hydrogen) atoms. The fourth-order valence-corrected chi connectivity index (χ4v) is 2.57. The maximum atomic E-state index is 6.00. The number of furan rings is 1. The van der Waals surface area contributed by atoms with E-state index in [0.29, 0.717) is 12.5 Å². The number of para-hydroxylation sites is 1. The van der Waals surface area contributed by atoms with E-state index in [2.05, 4.69) is 32.2 Å². The van der Waals surface area contributed by atoms with Crippen LogP contribution in [0.1, 0.15) is 38.5 Å². The average Bonchev–Trinajstić information content (AvgIpc) is 2.73. The molecule has 0 bridgehead atoms. The van der Waals surface area contributed by atoms with Crippen molar-refractivity contribution in [2.75, 3.05) is 7.05 Å². The van der Waals surface area contributed by atoms with Gasteiger partial charge in [0.2, 0.25) is 0 Å². The highest BCUT2D eigenvalue weighted by molar-refractivity contribution is 5.82. The van der Waals surface area contributed by atoms with Crippen molar-refractivity contribution in [2.45, 2.75) is 46.4 Å². The highest BCUT2D eigenvalue weighted by Gasteiger charge is 2.15. The second-order valence-corrected chi connectivity index (χ2v) is 5.78. The maximum Gasteiger partial charge on any atom is 0.134 e. The van der Waals surface area contributed by atoms with E-state index in [-0.39, 0.29) is 6.10 Å². The molecule has 1 unspecified atom stereocenters. The molecule has 0 radical (unpaired) electrons. The Morgan fingerprint density at radius 2 is 1.95 bits per heavy atom. The molecule has 1 aromatic heterocycles. The molecule has 1 heterocycles. The first-order valence-electron chi connectivity index (χ1n) is 7.37. The first kappa shape index (κ1) is 15.1. The third kappa shape index (κ3) is 3.62. The van der Waals surface area contributed by atoms with Crippen LogP contribution in [-0.2, 0) is 17.9 Å². The van der Waals surface area contributed by atoms with E-state index in [1.807, 2.05) is 25.2 Å². The minimum absolute atomic E-state index is 0.270. The highest BCUT2D eigenvalue weighted by Crippen LogP contribution is 2.27. The second kappa shape index (κ2) is 6.91. The summed E-state index contributed by atoms with van der Waals surface area (Å²) >= 11 is 0. The van der Waals surface area contributed by atoms with E-state index in [9.17, 15) is 0 Å². The molecule has 0 spiro atoms. The van der Waals surface area contributed by atoms with Gasteiger partial charge in [0.25, 0.3) is 0 Å². The largest absolute Gasteiger partial charge is 0.459 e. The first-order valence-corrected chi connectivity index (χ1v) is 7.37. The average molecular weight is 275 g/mol. The summed E-state index contributed by atoms with van der Waals surface area (Å²) in [6, 6.07) is 8.16. The van der Waals surface area contributed by atoms with Crippen LogP contribution in [0.3, 0.4) is 0 Å². The van der Waals surface area contributed by atoms with Gasteiger partial charge in [0.1, 0.15) is 11.3 Å². The van der Waals surface area contributed by atoms with Crippen LogP contribution in [0.25, 0.3) is 11.0 Å². The van der Waals surface area contributed by atoms with Crippen molar-refractivity contribution in [1.82, 2.24) is 5.32 Å².